The van der Waals surface area contributed by atoms with Crippen LogP contribution in [0.3, 0.4) is 0 Å². The van der Waals surface area contributed by atoms with Crippen LogP contribution >= 0.6 is 0 Å². The number of aliphatic hydroxyl groups is 2. The smallest absolute Gasteiger partial charge is 0.332 e. The summed E-state index contributed by atoms with van der Waals surface area (Å²) in [7, 11) is 0. The minimum absolute atomic E-state index is 0.131. The Morgan fingerprint density at radius 3 is 1.81 bits per heavy atom. The van der Waals surface area contributed by atoms with Gasteiger partial charge in [0.15, 0.2) is 6.10 Å². The van der Waals surface area contributed by atoms with Crippen LogP contribution in [-0.2, 0) is 9.59 Å². The third-order valence-corrected chi connectivity index (χ3v) is 1.70. The second kappa shape index (κ2) is 10.4. The summed E-state index contributed by atoms with van der Waals surface area (Å²) in [6.07, 6.45) is -0.295. The van der Waals surface area contributed by atoms with E-state index in [1.165, 1.54) is 0 Å². The average molecular weight is 236 g/mol. The number of hydrogen-bond donors (Lipinski definition) is 4. The molecule has 0 amide bonds. The standard InChI is InChI=1S/C6H12O3.C4H8O3/c1-2-3-5(7)4-6(8)9;1-2-3(5)4(6)7/h5,7H,2-4H2,1H3,(H,8,9);3,5H,2H2,1H3,(H,6,7). The quantitative estimate of drug-likeness (QED) is 0.532. The van der Waals surface area contributed by atoms with E-state index in [9.17, 15) is 9.59 Å². The first-order valence-electron chi connectivity index (χ1n) is 5.15. The highest BCUT2D eigenvalue weighted by Gasteiger charge is 2.07. The van der Waals surface area contributed by atoms with Crippen LogP contribution in [0.5, 0.6) is 0 Å². The van der Waals surface area contributed by atoms with Crippen molar-refractivity contribution in [3.63, 3.8) is 0 Å². The lowest BCUT2D eigenvalue weighted by Crippen LogP contribution is -2.17. The number of aliphatic hydroxyl groups excluding tert-OH is 2. The maximum Gasteiger partial charge on any atom is 0.332 e. The summed E-state index contributed by atoms with van der Waals surface area (Å²) < 4.78 is 0. The van der Waals surface area contributed by atoms with Crippen molar-refractivity contribution in [2.45, 2.75) is 51.7 Å². The minimum atomic E-state index is -1.18. The lowest BCUT2D eigenvalue weighted by atomic mass is 10.1. The van der Waals surface area contributed by atoms with Crippen LogP contribution in [0.25, 0.3) is 0 Å². The molecule has 96 valence electrons. The molecule has 6 heteroatoms. The molecule has 0 saturated heterocycles. The molecule has 6 nitrogen and oxygen atoms in total. The van der Waals surface area contributed by atoms with Crippen molar-refractivity contribution in [3.05, 3.63) is 0 Å². The van der Waals surface area contributed by atoms with Gasteiger partial charge >= 0.3 is 11.9 Å². The predicted molar refractivity (Wildman–Crippen MR) is 57.1 cm³/mol. The molecule has 0 aliphatic rings. The molecule has 0 aliphatic carbocycles. The first-order chi connectivity index (χ1) is 7.34. The first-order valence-corrected chi connectivity index (χ1v) is 5.15. The Hall–Kier alpha value is -1.14. The Kier molecular flexibility index (Phi) is 11.2. The molecule has 4 N–H and O–H groups in total. The fraction of sp³-hybridized carbons (Fsp3) is 0.800. The number of carbonyl (C=O) groups is 2. The summed E-state index contributed by atoms with van der Waals surface area (Å²) in [5.41, 5.74) is 0. The lowest BCUT2D eigenvalue weighted by Gasteiger charge is -2.03. The molecule has 0 rings (SSSR count). The zero-order chi connectivity index (χ0) is 13.1. The molecule has 0 saturated carbocycles. The Morgan fingerprint density at radius 1 is 1.12 bits per heavy atom. The molecule has 0 aromatic carbocycles. The molecule has 0 aliphatic heterocycles. The highest BCUT2D eigenvalue weighted by molar-refractivity contribution is 5.71. The third-order valence-electron chi connectivity index (χ3n) is 1.70. The first kappa shape index (κ1) is 17.3. The van der Waals surface area contributed by atoms with Crippen molar-refractivity contribution in [2.24, 2.45) is 0 Å². The molecule has 2 atom stereocenters. The zero-order valence-corrected chi connectivity index (χ0v) is 9.59. The molecule has 0 fully saturated rings. The monoisotopic (exact) mass is 236 g/mol. The van der Waals surface area contributed by atoms with Gasteiger partial charge < -0.3 is 20.4 Å². The van der Waals surface area contributed by atoms with Crippen molar-refractivity contribution < 1.29 is 30.0 Å². The Balaban J connectivity index is 0. The van der Waals surface area contributed by atoms with Crippen molar-refractivity contribution in [3.8, 4) is 0 Å². The van der Waals surface area contributed by atoms with Crippen LogP contribution in [0.15, 0.2) is 0 Å². The number of carboxylic acid groups (broad SMARTS) is 2. The lowest BCUT2D eigenvalue weighted by molar-refractivity contribution is -0.146. The van der Waals surface area contributed by atoms with Gasteiger partial charge in [0.25, 0.3) is 0 Å². The van der Waals surface area contributed by atoms with Gasteiger partial charge in [0.2, 0.25) is 0 Å². The van der Waals surface area contributed by atoms with Gasteiger partial charge in [0, 0.05) is 0 Å². The van der Waals surface area contributed by atoms with Gasteiger partial charge in [0.05, 0.1) is 12.5 Å². The van der Waals surface area contributed by atoms with Gasteiger partial charge in [0.1, 0.15) is 0 Å². The van der Waals surface area contributed by atoms with Gasteiger partial charge in [-0.1, -0.05) is 20.3 Å². The van der Waals surface area contributed by atoms with Crippen LogP contribution in [0.4, 0.5) is 0 Å². The summed E-state index contributed by atoms with van der Waals surface area (Å²) in [5, 5.41) is 33.3. The van der Waals surface area contributed by atoms with E-state index in [1.54, 1.807) is 6.92 Å². The van der Waals surface area contributed by atoms with Crippen molar-refractivity contribution in [1.82, 2.24) is 0 Å². The van der Waals surface area contributed by atoms with Crippen LogP contribution in [0.2, 0.25) is 0 Å². The van der Waals surface area contributed by atoms with Gasteiger partial charge in [-0.15, -0.1) is 0 Å². The second-order valence-corrected chi connectivity index (χ2v) is 3.30. The molecular formula is C10H20O6. The highest BCUT2D eigenvalue weighted by atomic mass is 16.4. The van der Waals surface area contributed by atoms with E-state index in [0.29, 0.717) is 6.42 Å². The average Bonchev–Trinajstić information content (AvgIpc) is 2.16. The maximum absolute atomic E-state index is 9.92. The number of hydrogen-bond acceptors (Lipinski definition) is 4. The summed E-state index contributed by atoms with van der Waals surface area (Å²) in [6, 6.07) is 0. The Morgan fingerprint density at radius 2 is 1.62 bits per heavy atom. The van der Waals surface area contributed by atoms with E-state index >= 15 is 0 Å². The number of rotatable bonds is 6. The predicted octanol–water partition coefficient (Wildman–Crippen LogP) is 0.464. The van der Waals surface area contributed by atoms with Crippen LogP contribution in [-0.4, -0.2) is 44.6 Å². The fourth-order valence-electron chi connectivity index (χ4n) is 0.811. The van der Waals surface area contributed by atoms with Gasteiger partial charge in [-0.05, 0) is 12.8 Å². The van der Waals surface area contributed by atoms with E-state index in [0.717, 1.165) is 6.42 Å². The van der Waals surface area contributed by atoms with E-state index in [-0.39, 0.29) is 12.8 Å². The topological polar surface area (TPSA) is 115 Å². The molecule has 16 heavy (non-hydrogen) atoms. The van der Waals surface area contributed by atoms with Crippen LogP contribution < -0.4 is 0 Å². The van der Waals surface area contributed by atoms with Gasteiger partial charge in [-0.3, -0.25) is 4.79 Å². The summed E-state index contributed by atoms with van der Waals surface area (Å²) in [4.78, 5) is 19.6. The number of aliphatic carboxylic acids is 2. The van der Waals surface area contributed by atoms with E-state index in [2.05, 4.69) is 0 Å². The van der Waals surface area contributed by atoms with E-state index < -0.39 is 24.1 Å². The highest BCUT2D eigenvalue weighted by Crippen LogP contribution is 1.99. The van der Waals surface area contributed by atoms with Gasteiger partial charge in [-0.25, -0.2) is 4.79 Å². The SMILES string of the molecule is CCC(O)C(=O)O.CCCC(O)CC(=O)O. The fourth-order valence-corrected chi connectivity index (χ4v) is 0.811. The molecule has 0 aromatic rings. The van der Waals surface area contributed by atoms with Crippen molar-refractivity contribution in [2.75, 3.05) is 0 Å². The van der Waals surface area contributed by atoms with Crippen molar-refractivity contribution >= 4 is 11.9 Å². The Bertz CT molecular complexity index is 203. The van der Waals surface area contributed by atoms with Crippen LogP contribution in [0.1, 0.15) is 39.5 Å². The largest absolute Gasteiger partial charge is 0.481 e. The maximum atomic E-state index is 9.92. The molecule has 0 spiro atoms. The number of carboxylic acids is 2. The summed E-state index contributed by atoms with van der Waals surface area (Å²) in [6.45, 7) is 3.52. The van der Waals surface area contributed by atoms with Gasteiger partial charge in [-0.2, -0.15) is 0 Å². The molecule has 2 unspecified atom stereocenters. The van der Waals surface area contributed by atoms with E-state index in [1.807, 2.05) is 6.92 Å². The van der Waals surface area contributed by atoms with E-state index in [4.69, 9.17) is 20.4 Å². The molecule has 0 heterocycles. The second-order valence-electron chi connectivity index (χ2n) is 3.30. The van der Waals surface area contributed by atoms with Crippen LogP contribution in [0, 0.1) is 0 Å². The minimum Gasteiger partial charge on any atom is -0.481 e. The third kappa shape index (κ3) is 12.9. The zero-order valence-electron chi connectivity index (χ0n) is 9.59. The molecule has 0 radical (unpaired) electrons. The normalized spacial score (nSPS) is 13.2. The molecule has 0 aromatic heterocycles. The Labute approximate surface area is 94.5 Å². The molecule has 0 bridgehead atoms. The summed E-state index contributed by atoms with van der Waals surface area (Å²) in [5.74, 6) is -2.08. The molecular weight excluding hydrogens is 216 g/mol. The van der Waals surface area contributed by atoms with Crippen molar-refractivity contribution in [1.29, 1.82) is 0 Å². The summed E-state index contributed by atoms with van der Waals surface area (Å²) >= 11 is 0.